The Morgan fingerprint density at radius 1 is 1.11 bits per heavy atom. The van der Waals surface area contributed by atoms with E-state index in [1.165, 1.54) is 19.3 Å². The lowest BCUT2D eigenvalue weighted by Crippen LogP contribution is -2.30. The molecule has 0 bridgehead atoms. The Bertz CT molecular complexity index is 237. The molecule has 0 aromatic heterocycles. The van der Waals surface area contributed by atoms with E-state index in [1.54, 1.807) is 7.11 Å². The summed E-state index contributed by atoms with van der Waals surface area (Å²) in [5, 5.41) is 3.17. The molecule has 18 heavy (non-hydrogen) atoms. The Kier molecular flexibility index (Phi) is 5.89. The van der Waals surface area contributed by atoms with Gasteiger partial charge < -0.3 is 19.5 Å². The van der Waals surface area contributed by atoms with Crippen LogP contribution in [0.15, 0.2) is 0 Å². The van der Waals surface area contributed by atoms with E-state index >= 15 is 0 Å². The highest BCUT2D eigenvalue weighted by atomic mass is 16.5. The second kappa shape index (κ2) is 7.43. The minimum absolute atomic E-state index is 0.297. The largest absolute Gasteiger partial charge is 0.381 e. The Morgan fingerprint density at radius 2 is 1.89 bits per heavy atom. The van der Waals surface area contributed by atoms with Crippen LogP contribution in [-0.2, 0) is 14.2 Å². The zero-order chi connectivity index (χ0) is 12.8. The molecule has 4 heteroatoms. The molecule has 4 unspecified atom stereocenters. The van der Waals surface area contributed by atoms with E-state index in [2.05, 4.69) is 5.32 Å². The molecule has 106 valence electrons. The fourth-order valence-corrected chi connectivity index (χ4v) is 2.99. The van der Waals surface area contributed by atoms with Crippen molar-refractivity contribution < 1.29 is 14.2 Å². The summed E-state index contributed by atoms with van der Waals surface area (Å²) in [6, 6.07) is 0. The number of ether oxygens (including phenoxy) is 3. The summed E-state index contributed by atoms with van der Waals surface area (Å²) in [5.41, 5.74) is 0. The van der Waals surface area contributed by atoms with Gasteiger partial charge in [0.05, 0.1) is 31.0 Å². The summed E-state index contributed by atoms with van der Waals surface area (Å²) in [4.78, 5) is 0. The van der Waals surface area contributed by atoms with Crippen LogP contribution in [0.2, 0.25) is 0 Å². The van der Waals surface area contributed by atoms with Crippen molar-refractivity contribution in [2.24, 2.45) is 0 Å². The normalized spacial score (nSPS) is 37.0. The first-order valence-electron chi connectivity index (χ1n) is 7.26. The Labute approximate surface area is 110 Å². The summed E-state index contributed by atoms with van der Waals surface area (Å²) in [5.74, 6) is 0. The van der Waals surface area contributed by atoms with E-state index in [-0.39, 0.29) is 0 Å². The van der Waals surface area contributed by atoms with Crippen LogP contribution in [0.4, 0.5) is 0 Å². The van der Waals surface area contributed by atoms with Gasteiger partial charge in [-0.1, -0.05) is 0 Å². The second-order valence-electron chi connectivity index (χ2n) is 5.49. The maximum Gasteiger partial charge on any atom is 0.0814 e. The average molecular weight is 257 g/mol. The lowest BCUT2D eigenvalue weighted by atomic mass is 9.95. The van der Waals surface area contributed by atoms with Crippen molar-refractivity contribution in [1.29, 1.82) is 0 Å². The van der Waals surface area contributed by atoms with Crippen LogP contribution < -0.4 is 5.32 Å². The molecule has 0 aromatic rings. The molecule has 1 saturated heterocycles. The Morgan fingerprint density at radius 3 is 2.67 bits per heavy atom. The maximum absolute atomic E-state index is 6.00. The number of hydrogen-bond acceptors (Lipinski definition) is 4. The van der Waals surface area contributed by atoms with Crippen LogP contribution in [0.1, 0.15) is 38.5 Å². The fourth-order valence-electron chi connectivity index (χ4n) is 2.99. The molecule has 4 nitrogen and oxygen atoms in total. The number of likely N-dealkylation sites (N-methyl/N-ethyl adjacent to an activating group) is 1. The fraction of sp³-hybridized carbons (Fsp3) is 1.00. The third kappa shape index (κ3) is 4.19. The van der Waals surface area contributed by atoms with Crippen molar-refractivity contribution in [2.75, 3.05) is 27.3 Å². The van der Waals surface area contributed by atoms with E-state index in [1.807, 2.05) is 7.05 Å². The number of hydrogen-bond donors (Lipinski definition) is 1. The predicted octanol–water partition coefficient (Wildman–Crippen LogP) is 1.73. The predicted molar refractivity (Wildman–Crippen MR) is 70.8 cm³/mol. The Balaban J connectivity index is 1.63. The zero-order valence-corrected chi connectivity index (χ0v) is 11.7. The van der Waals surface area contributed by atoms with Crippen LogP contribution in [-0.4, -0.2) is 51.7 Å². The van der Waals surface area contributed by atoms with E-state index < -0.39 is 0 Å². The van der Waals surface area contributed by atoms with Crippen molar-refractivity contribution in [1.82, 2.24) is 5.32 Å². The van der Waals surface area contributed by atoms with Gasteiger partial charge in [0.25, 0.3) is 0 Å². The standard InChI is InChI=1S/C14H27NO3/c1-15-9-13-6-7-14(18-13)10-17-12-5-3-4-11(8-12)16-2/h11-15H,3-10H2,1-2H3. The van der Waals surface area contributed by atoms with E-state index in [0.29, 0.717) is 24.4 Å². The zero-order valence-electron chi connectivity index (χ0n) is 11.7. The number of rotatable bonds is 6. The monoisotopic (exact) mass is 257 g/mol. The summed E-state index contributed by atoms with van der Waals surface area (Å²) in [6.45, 7) is 1.70. The summed E-state index contributed by atoms with van der Waals surface area (Å²) in [6.07, 6.45) is 8.34. The van der Waals surface area contributed by atoms with Crippen LogP contribution in [0, 0.1) is 0 Å². The average Bonchev–Trinajstić information content (AvgIpc) is 2.85. The second-order valence-corrected chi connectivity index (χ2v) is 5.49. The molecule has 0 radical (unpaired) electrons. The quantitative estimate of drug-likeness (QED) is 0.786. The van der Waals surface area contributed by atoms with Gasteiger partial charge in [-0.15, -0.1) is 0 Å². The SMILES string of the molecule is CNCC1CCC(COC2CCCC(OC)C2)O1. The first-order valence-corrected chi connectivity index (χ1v) is 7.26. The highest BCUT2D eigenvalue weighted by Gasteiger charge is 2.27. The van der Waals surface area contributed by atoms with Crippen molar-refractivity contribution >= 4 is 0 Å². The lowest BCUT2D eigenvalue weighted by molar-refractivity contribution is -0.0706. The molecule has 1 aliphatic carbocycles. The lowest BCUT2D eigenvalue weighted by Gasteiger charge is -2.29. The third-order valence-corrected chi connectivity index (χ3v) is 4.06. The topological polar surface area (TPSA) is 39.7 Å². The Hall–Kier alpha value is -0.160. The van der Waals surface area contributed by atoms with Gasteiger partial charge in [-0.3, -0.25) is 0 Å². The van der Waals surface area contributed by atoms with Crippen molar-refractivity contribution in [3.63, 3.8) is 0 Å². The molecule has 1 N–H and O–H groups in total. The molecule has 1 saturated carbocycles. The molecular weight excluding hydrogens is 230 g/mol. The number of methoxy groups -OCH3 is 1. The van der Waals surface area contributed by atoms with Gasteiger partial charge in [0.1, 0.15) is 0 Å². The van der Waals surface area contributed by atoms with Crippen LogP contribution in [0.3, 0.4) is 0 Å². The molecule has 1 aliphatic heterocycles. The summed E-state index contributed by atoms with van der Waals surface area (Å²) < 4.78 is 17.3. The molecule has 0 aromatic carbocycles. The van der Waals surface area contributed by atoms with Gasteiger partial charge in [-0.2, -0.15) is 0 Å². The van der Waals surface area contributed by atoms with Gasteiger partial charge in [0.2, 0.25) is 0 Å². The van der Waals surface area contributed by atoms with Crippen molar-refractivity contribution in [3.8, 4) is 0 Å². The molecule has 0 spiro atoms. The van der Waals surface area contributed by atoms with E-state index in [4.69, 9.17) is 14.2 Å². The van der Waals surface area contributed by atoms with Crippen LogP contribution in [0.25, 0.3) is 0 Å². The number of nitrogens with one attached hydrogen (secondary N) is 1. The highest BCUT2D eigenvalue weighted by Crippen LogP contribution is 2.25. The molecule has 4 atom stereocenters. The van der Waals surface area contributed by atoms with Crippen LogP contribution in [0.5, 0.6) is 0 Å². The molecule has 2 aliphatic rings. The maximum atomic E-state index is 6.00. The first-order chi connectivity index (χ1) is 8.81. The van der Waals surface area contributed by atoms with Gasteiger partial charge >= 0.3 is 0 Å². The molecular formula is C14H27NO3. The minimum atomic E-state index is 0.297. The molecule has 2 rings (SSSR count). The van der Waals surface area contributed by atoms with Gasteiger partial charge in [0, 0.05) is 13.7 Å². The third-order valence-electron chi connectivity index (χ3n) is 4.06. The molecule has 1 heterocycles. The van der Waals surface area contributed by atoms with Crippen molar-refractivity contribution in [2.45, 2.75) is 62.9 Å². The highest BCUT2D eigenvalue weighted by molar-refractivity contribution is 4.77. The van der Waals surface area contributed by atoms with Gasteiger partial charge in [-0.05, 0) is 45.6 Å². The first kappa shape index (κ1) is 14.3. The molecule has 0 amide bonds. The van der Waals surface area contributed by atoms with Crippen LogP contribution >= 0.6 is 0 Å². The van der Waals surface area contributed by atoms with E-state index in [9.17, 15) is 0 Å². The summed E-state index contributed by atoms with van der Waals surface area (Å²) >= 11 is 0. The smallest absolute Gasteiger partial charge is 0.0814 e. The summed E-state index contributed by atoms with van der Waals surface area (Å²) in [7, 11) is 3.77. The van der Waals surface area contributed by atoms with Gasteiger partial charge in [0.15, 0.2) is 0 Å². The van der Waals surface area contributed by atoms with Gasteiger partial charge in [-0.25, -0.2) is 0 Å². The molecule has 2 fully saturated rings. The van der Waals surface area contributed by atoms with E-state index in [0.717, 1.165) is 32.4 Å². The minimum Gasteiger partial charge on any atom is -0.381 e. The van der Waals surface area contributed by atoms with Crippen molar-refractivity contribution in [3.05, 3.63) is 0 Å².